The van der Waals surface area contributed by atoms with E-state index in [1.165, 1.54) is 0 Å². The molecule has 2 unspecified atom stereocenters. The monoisotopic (exact) mass is 335 g/mol. The Hall–Kier alpha value is -1.13. The molecule has 4 heteroatoms. The van der Waals surface area contributed by atoms with E-state index in [4.69, 9.17) is 4.74 Å². The summed E-state index contributed by atoms with van der Waals surface area (Å²) in [7, 11) is 0. The number of likely N-dealkylation sites (tertiary alicyclic amines) is 1. The number of ether oxygens (including phenoxy) is 1. The lowest BCUT2D eigenvalue weighted by Crippen LogP contribution is -2.74. The summed E-state index contributed by atoms with van der Waals surface area (Å²) in [6, 6.07) is 0. The van der Waals surface area contributed by atoms with E-state index >= 15 is 0 Å². The number of carbonyl (C=O) groups is 1. The number of aliphatic hydroxyl groups is 1. The van der Waals surface area contributed by atoms with Crippen molar-refractivity contribution < 1.29 is 14.6 Å². The third-order valence-corrected chi connectivity index (χ3v) is 6.33. The number of rotatable bonds is 8. The first-order chi connectivity index (χ1) is 11.4. The molecule has 1 heterocycles. The Labute approximate surface area is 146 Å². The first kappa shape index (κ1) is 19.2. The predicted octanol–water partition coefficient (Wildman–Crippen LogP) is 3.32. The molecule has 3 atom stereocenters. The third kappa shape index (κ3) is 2.74. The van der Waals surface area contributed by atoms with Crippen LogP contribution in [0.4, 0.5) is 0 Å². The van der Waals surface area contributed by atoms with Crippen molar-refractivity contribution >= 4 is 5.97 Å². The average molecular weight is 335 g/mol. The van der Waals surface area contributed by atoms with Crippen LogP contribution in [0.3, 0.4) is 0 Å². The van der Waals surface area contributed by atoms with Crippen molar-refractivity contribution in [3.63, 3.8) is 0 Å². The van der Waals surface area contributed by atoms with E-state index in [0.29, 0.717) is 26.0 Å². The summed E-state index contributed by atoms with van der Waals surface area (Å²) in [5.74, 6) is -0.241. The van der Waals surface area contributed by atoms with Gasteiger partial charge < -0.3 is 14.7 Å². The van der Waals surface area contributed by atoms with Crippen LogP contribution in [0.5, 0.6) is 0 Å². The third-order valence-electron chi connectivity index (χ3n) is 6.33. The molecule has 1 N–H and O–H groups in total. The highest BCUT2D eigenvalue weighted by molar-refractivity contribution is 5.80. The Bertz CT molecular complexity index is 491. The number of hydrogen-bond donors (Lipinski definition) is 1. The molecule has 0 aromatic carbocycles. The molecule has 2 rings (SSSR count). The molecule has 0 aromatic rings. The maximum atomic E-state index is 13.0. The van der Waals surface area contributed by atoms with E-state index in [1.807, 2.05) is 13.0 Å². The normalized spacial score (nSPS) is 36.1. The van der Waals surface area contributed by atoms with E-state index in [1.54, 1.807) is 6.08 Å². The van der Waals surface area contributed by atoms with Gasteiger partial charge in [0, 0.05) is 18.5 Å². The highest BCUT2D eigenvalue weighted by Crippen LogP contribution is 2.61. The molecule has 4 nitrogen and oxygen atoms in total. The van der Waals surface area contributed by atoms with E-state index in [9.17, 15) is 9.90 Å². The van der Waals surface area contributed by atoms with Crippen molar-refractivity contribution in [2.24, 2.45) is 10.8 Å². The first-order valence-electron chi connectivity index (χ1n) is 9.29. The number of piperidine rings is 1. The first-order valence-corrected chi connectivity index (χ1v) is 9.29. The summed E-state index contributed by atoms with van der Waals surface area (Å²) in [6.45, 7) is 14.3. The zero-order valence-corrected chi connectivity index (χ0v) is 15.4. The lowest BCUT2D eigenvalue weighted by Gasteiger charge is -2.65. The summed E-state index contributed by atoms with van der Waals surface area (Å²) >= 11 is 0. The van der Waals surface area contributed by atoms with Gasteiger partial charge in [0.25, 0.3) is 0 Å². The van der Waals surface area contributed by atoms with Crippen LogP contribution in [0, 0.1) is 10.8 Å². The van der Waals surface area contributed by atoms with E-state index in [0.717, 1.165) is 38.8 Å². The average Bonchev–Trinajstić information content (AvgIpc) is 2.54. The minimum absolute atomic E-state index is 0.241. The Morgan fingerprint density at radius 2 is 2.00 bits per heavy atom. The molecule has 1 saturated carbocycles. The maximum Gasteiger partial charge on any atom is 0.316 e. The van der Waals surface area contributed by atoms with Gasteiger partial charge >= 0.3 is 5.97 Å². The lowest BCUT2D eigenvalue weighted by molar-refractivity contribution is -0.251. The molecule has 2 fully saturated rings. The Kier molecular flexibility index (Phi) is 5.92. The standard InChI is InChI=1S/C20H33NO3/c1-5-9-12-18-13-10-14-19(17(22)24-8-4,16-21(7-3)15-18)20(18,23)11-6-2/h5-6,23H,1-2,7-16H2,3-4H3/t18-,19?,20?/m1/s1. The second kappa shape index (κ2) is 7.40. The van der Waals surface area contributed by atoms with Crippen molar-refractivity contribution in [3.8, 4) is 0 Å². The highest BCUT2D eigenvalue weighted by atomic mass is 16.5. The van der Waals surface area contributed by atoms with Crippen molar-refractivity contribution in [1.29, 1.82) is 0 Å². The van der Waals surface area contributed by atoms with Gasteiger partial charge in [-0.25, -0.2) is 0 Å². The van der Waals surface area contributed by atoms with Gasteiger partial charge in [0.15, 0.2) is 0 Å². The Morgan fingerprint density at radius 3 is 2.58 bits per heavy atom. The van der Waals surface area contributed by atoms with E-state index < -0.39 is 11.0 Å². The molecule has 136 valence electrons. The maximum absolute atomic E-state index is 13.0. The van der Waals surface area contributed by atoms with Gasteiger partial charge in [-0.15, -0.1) is 13.2 Å². The Balaban J connectivity index is 2.57. The van der Waals surface area contributed by atoms with E-state index in [-0.39, 0.29) is 11.4 Å². The number of fused-ring (bicyclic) bond motifs is 2. The number of allylic oxidation sites excluding steroid dienone is 1. The van der Waals surface area contributed by atoms with Gasteiger partial charge in [-0.05, 0) is 45.6 Å². The minimum Gasteiger partial charge on any atom is -0.465 e. The summed E-state index contributed by atoms with van der Waals surface area (Å²) in [6.07, 6.45) is 8.37. The van der Waals surface area contributed by atoms with Crippen LogP contribution in [-0.2, 0) is 9.53 Å². The smallest absolute Gasteiger partial charge is 0.316 e. The molecule has 0 aromatic heterocycles. The second-order valence-corrected chi connectivity index (χ2v) is 7.42. The number of nitrogens with zero attached hydrogens (tertiary/aromatic N) is 1. The molecular formula is C20H33NO3. The molecule has 1 saturated heterocycles. The predicted molar refractivity (Wildman–Crippen MR) is 96.7 cm³/mol. The summed E-state index contributed by atoms with van der Waals surface area (Å²) in [5, 5.41) is 12.0. The molecule has 1 aliphatic heterocycles. The fraction of sp³-hybridized carbons (Fsp3) is 0.750. The molecule has 2 aliphatic rings. The van der Waals surface area contributed by atoms with Crippen molar-refractivity contribution in [2.45, 2.75) is 58.0 Å². The van der Waals surface area contributed by atoms with Crippen LogP contribution in [0.15, 0.2) is 25.3 Å². The Morgan fingerprint density at radius 1 is 1.25 bits per heavy atom. The van der Waals surface area contributed by atoms with Gasteiger partial charge in [0.2, 0.25) is 0 Å². The summed E-state index contributed by atoms with van der Waals surface area (Å²) in [5.41, 5.74) is -2.26. The number of esters is 1. The quantitative estimate of drug-likeness (QED) is 0.546. The lowest BCUT2D eigenvalue weighted by atomic mass is 9.46. The molecule has 2 bridgehead atoms. The number of carbonyl (C=O) groups excluding carboxylic acids is 1. The SMILES string of the molecule is C=CCC[C@@]12CCCC(C(=O)OCC)(CN(CC)C1)C2(O)CC=C. The molecule has 1 aliphatic carbocycles. The highest BCUT2D eigenvalue weighted by Gasteiger charge is 2.69. The summed E-state index contributed by atoms with van der Waals surface area (Å²) < 4.78 is 5.46. The van der Waals surface area contributed by atoms with Crippen molar-refractivity contribution in [2.75, 3.05) is 26.2 Å². The van der Waals surface area contributed by atoms with Crippen LogP contribution in [0.2, 0.25) is 0 Å². The van der Waals surface area contributed by atoms with Gasteiger partial charge in [-0.1, -0.05) is 25.5 Å². The minimum atomic E-state index is -1.10. The van der Waals surface area contributed by atoms with Crippen LogP contribution in [-0.4, -0.2) is 47.8 Å². The number of hydrogen-bond acceptors (Lipinski definition) is 4. The van der Waals surface area contributed by atoms with Crippen LogP contribution in [0.1, 0.15) is 52.4 Å². The summed E-state index contributed by atoms with van der Waals surface area (Å²) in [4.78, 5) is 15.4. The fourth-order valence-corrected chi connectivity index (χ4v) is 5.17. The molecule has 0 spiro atoms. The topological polar surface area (TPSA) is 49.8 Å². The second-order valence-electron chi connectivity index (χ2n) is 7.42. The largest absolute Gasteiger partial charge is 0.465 e. The van der Waals surface area contributed by atoms with Crippen LogP contribution >= 0.6 is 0 Å². The van der Waals surface area contributed by atoms with Crippen LogP contribution in [0.25, 0.3) is 0 Å². The molecule has 24 heavy (non-hydrogen) atoms. The van der Waals surface area contributed by atoms with Crippen molar-refractivity contribution in [3.05, 3.63) is 25.3 Å². The van der Waals surface area contributed by atoms with E-state index in [2.05, 4.69) is 25.0 Å². The van der Waals surface area contributed by atoms with Gasteiger partial charge in [0.05, 0.1) is 12.2 Å². The molecular weight excluding hydrogens is 302 g/mol. The van der Waals surface area contributed by atoms with Crippen molar-refractivity contribution in [1.82, 2.24) is 4.90 Å². The zero-order chi connectivity index (χ0) is 17.8. The molecule has 0 radical (unpaired) electrons. The fourth-order valence-electron chi connectivity index (χ4n) is 5.17. The van der Waals surface area contributed by atoms with Gasteiger partial charge in [-0.3, -0.25) is 4.79 Å². The van der Waals surface area contributed by atoms with Gasteiger partial charge in [-0.2, -0.15) is 0 Å². The van der Waals surface area contributed by atoms with Crippen LogP contribution < -0.4 is 0 Å². The zero-order valence-electron chi connectivity index (χ0n) is 15.4. The molecule has 0 amide bonds. The van der Waals surface area contributed by atoms with Gasteiger partial charge in [0.1, 0.15) is 5.41 Å².